The van der Waals surface area contributed by atoms with Gasteiger partial charge >= 0.3 is 0 Å². The maximum atomic E-state index is 13.2. The molecule has 0 aliphatic heterocycles. The molecule has 0 radical (unpaired) electrons. The Morgan fingerprint density at radius 2 is 2.24 bits per heavy atom. The van der Waals surface area contributed by atoms with Crippen LogP contribution in [0.15, 0.2) is 12.1 Å². The van der Waals surface area contributed by atoms with E-state index < -0.39 is 5.82 Å². The highest BCUT2D eigenvalue weighted by Crippen LogP contribution is 2.34. The van der Waals surface area contributed by atoms with Crippen LogP contribution in [0.4, 0.5) is 4.39 Å². The summed E-state index contributed by atoms with van der Waals surface area (Å²) in [6, 6.07) is 2.53. The molecule has 0 heterocycles. The summed E-state index contributed by atoms with van der Waals surface area (Å²) in [5, 5.41) is 0.238. The van der Waals surface area contributed by atoms with E-state index in [9.17, 15) is 9.18 Å². The summed E-state index contributed by atoms with van der Waals surface area (Å²) < 4.78 is 18.8. The molecular formula is C13H14ClFO2. The molecule has 17 heavy (non-hydrogen) atoms. The molecule has 2 nitrogen and oxygen atoms in total. The Kier molecular flexibility index (Phi) is 3.67. The minimum absolute atomic E-state index is 0.0389. The molecule has 1 aromatic rings. The van der Waals surface area contributed by atoms with Crippen LogP contribution in [0.25, 0.3) is 0 Å². The Balaban J connectivity index is 2.21. The summed E-state index contributed by atoms with van der Waals surface area (Å²) in [6.07, 6.45) is 2.49. The molecule has 4 heteroatoms. The second-order valence-electron chi connectivity index (χ2n) is 4.51. The molecule has 0 bridgehead atoms. The van der Waals surface area contributed by atoms with Crippen LogP contribution in [-0.2, 0) is 11.2 Å². The standard InChI is InChI=1S/C13H14ClFO2/c1-8(16)4-10-5-11(15)6-12(14)13(10)17-7-9-2-3-9/h5-6,9H,2-4,7H2,1H3. The molecule has 1 aromatic carbocycles. The van der Waals surface area contributed by atoms with Crippen LogP contribution in [0, 0.1) is 11.7 Å². The number of Topliss-reactive ketones (excluding diaryl/α,β-unsaturated/α-hetero) is 1. The molecule has 1 aliphatic rings. The molecule has 0 aromatic heterocycles. The maximum Gasteiger partial charge on any atom is 0.141 e. The monoisotopic (exact) mass is 256 g/mol. The summed E-state index contributed by atoms with van der Waals surface area (Å²) in [5.41, 5.74) is 0.531. The predicted octanol–water partition coefficient (Wildman–Crippen LogP) is 3.40. The van der Waals surface area contributed by atoms with Gasteiger partial charge in [0.1, 0.15) is 17.3 Å². The lowest BCUT2D eigenvalue weighted by atomic mass is 10.1. The second kappa shape index (κ2) is 5.05. The molecule has 1 saturated carbocycles. The van der Waals surface area contributed by atoms with E-state index in [1.807, 2.05) is 0 Å². The van der Waals surface area contributed by atoms with Crippen molar-refractivity contribution in [1.82, 2.24) is 0 Å². The quantitative estimate of drug-likeness (QED) is 0.807. The average Bonchev–Trinajstić information content (AvgIpc) is 2.98. The van der Waals surface area contributed by atoms with Crippen molar-refractivity contribution in [2.45, 2.75) is 26.2 Å². The van der Waals surface area contributed by atoms with E-state index in [1.54, 1.807) is 0 Å². The van der Waals surface area contributed by atoms with Crippen molar-refractivity contribution in [2.24, 2.45) is 5.92 Å². The van der Waals surface area contributed by atoms with Gasteiger partial charge in [-0.1, -0.05) is 11.6 Å². The molecule has 1 fully saturated rings. The van der Waals surface area contributed by atoms with Crippen LogP contribution in [0.5, 0.6) is 5.75 Å². The zero-order chi connectivity index (χ0) is 12.4. The molecule has 0 unspecified atom stereocenters. The fraction of sp³-hybridized carbons (Fsp3) is 0.462. The fourth-order valence-corrected chi connectivity index (χ4v) is 1.94. The van der Waals surface area contributed by atoms with E-state index in [4.69, 9.17) is 16.3 Å². The van der Waals surface area contributed by atoms with Crippen LogP contribution in [0.3, 0.4) is 0 Å². The van der Waals surface area contributed by atoms with E-state index in [-0.39, 0.29) is 17.2 Å². The molecule has 0 N–H and O–H groups in total. The van der Waals surface area contributed by atoms with Gasteiger partial charge in [-0.05, 0) is 37.8 Å². The van der Waals surface area contributed by atoms with Crippen LogP contribution < -0.4 is 4.74 Å². The minimum atomic E-state index is -0.440. The summed E-state index contributed by atoms with van der Waals surface area (Å²) >= 11 is 5.95. The third-order valence-corrected chi connectivity index (χ3v) is 2.97. The van der Waals surface area contributed by atoms with E-state index in [0.717, 1.165) is 0 Å². The maximum absolute atomic E-state index is 13.2. The van der Waals surface area contributed by atoms with Crippen LogP contribution in [-0.4, -0.2) is 12.4 Å². The number of rotatable bonds is 5. The van der Waals surface area contributed by atoms with Gasteiger partial charge in [0.15, 0.2) is 0 Å². The van der Waals surface area contributed by atoms with Crippen molar-refractivity contribution in [1.29, 1.82) is 0 Å². The summed E-state index contributed by atoms with van der Waals surface area (Å²) in [4.78, 5) is 11.1. The Bertz CT molecular complexity index is 441. The van der Waals surface area contributed by atoms with Gasteiger partial charge < -0.3 is 4.74 Å². The number of ketones is 1. The highest BCUT2D eigenvalue weighted by Gasteiger charge is 2.23. The van der Waals surface area contributed by atoms with E-state index >= 15 is 0 Å². The first-order valence-corrected chi connectivity index (χ1v) is 6.04. The Morgan fingerprint density at radius 3 is 2.82 bits per heavy atom. The summed E-state index contributed by atoms with van der Waals surface area (Å²) in [7, 11) is 0. The van der Waals surface area contributed by atoms with Gasteiger partial charge in [-0.2, -0.15) is 0 Å². The lowest BCUT2D eigenvalue weighted by Crippen LogP contribution is -2.05. The van der Waals surface area contributed by atoms with Crippen molar-refractivity contribution in [3.63, 3.8) is 0 Å². The highest BCUT2D eigenvalue weighted by atomic mass is 35.5. The first-order valence-electron chi connectivity index (χ1n) is 5.66. The third-order valence-electron chi connectivity index (χ3n) is 2.68. The average molecular weight is 257 g/mol. The minimum Gasteiger partial charge on any atom is -0.491 e. The number of hydrogen-bond acceptors (Lipinski definition) is 2. The fourth-order valence-electron chi connectivity index (χ4n) is 1.66. The van der Waals surface area contributed by atoms with Gasteiger partial charge in [0.05, 0.1) is 11.6 Å². The second-order valence-corrected chi connectivity index (χ2v) is 4.92. The number of carbonyl (C=O) groups is 1. The van der Waals surface area contributed by atoms with Crippen LogP contribution in [0.2, 0.25) is 5.02 Å². The number of ether oxygens (including phenoxy) is 1. The summed E-state index contributed by atoms with van der Waals surface area (Å²) in [5.74, 6) is 0.560. The molecular weight excluding hydrogens is 243 g/mol. The number of hydrogen-bond donors (Lipinski definition) is 0. The first kappa shape index (κ1) is 12.4. The SMILES string of the molecule is CC(=O)Cc1cc(F)cc(Cl)c1OCC1CC1. The van der Waals surface area contributed by atoms with Crippen molar-refractivity contribution in [3.8, 4) is 5.75 Å². The van der Waals surface area contributed by atoms with Crippen LogP contribution in [0.1, 0.15) is 25.3 Å². The van der Waals surface area contributed by atoms with Gasteiger partial charge in [-0.15, -0.1) is 0 Å². The van der Waals surface area contributed by atoms with Crippen molar-refractivity contribution in [2.75, 3.05) is 6.61 Å². The van der Waals surface area contributed by atoms with Gasteiger partial charge in [0.2, 0.25) is 0 Å². The van der Waals surface area contributed by atoms with E-state index in [0.29, 0.717) is 23.8 Å². The third kappa shape index (κ3) is 3.43. The lowest BCUT2D eigenvalue weighted by Gasteiger charge is -2.12. The molecule has 0 atom stereocenters. The van der Waals surface area contributed by atoms with Crippen molar-refractivity contribution < 1.29 is 13.9 Å². The molecule has 92 valence electrons. The zero-order valence-electron chi connectivity index (χ0n) is 9.63. The normalized spacial score (nSPS) is 14.8. The topological polar surface area (TPSA) is 26.3 Å². The highest BCUT2D eigenvalue weighted by molar-refractivity contribution is 6.32. The van der Waals surface area contributed by atoms with Crippen LogP contribution >= 0.6 is 11.6 Å². The predicted molar refractivity (Wildman–Crippen MR) is 64.0 cm³/mol. The van der Waals surface area contributed by atoms with Gasteiger partial charge in [0.25, 0.3) is 0 Å². The Morgan fingerprint density at radius 1 is 1.53 bits per heavy atom. The van der Waals surface area contributed by atoms with Gasteiger partial charge in [-0.3, -0.25) is 4.79 Å². The molecule has 0 spiro atoms. The van der Waals surface area contributed by atoms with Crippen molar-refractivity contribution >= 4 is 17.4 Å². The molecule has 0 saturated heterocycles. The van der Waals surface area contributed by atoms with Gasteiger partial charge in [0, 0.05) is 12.0 Å². The molecule has 0 amide bonds. The molecule has 1 aliphatic carbocycles. The molecule has 2 rings (SSSR count). The number of carbonyl (C=O) groups excluding carboxylic acids is 1. The van der Waals surface area contributed by atoms with E-state index in [2.05, 4.69) is 0 Å². The smallest absolute Gasteiger partial charge is 0.141 e. The Labute approximate surface area is 105 Å². The number of benzene rings is 1. The first-order chi connectivity index (χ1) is 8.06. The van der Waals surface area contributed by atoms with Crippen molar-refractivity contribution in [3.05, 3.63) is 28.5 Å². The summed E-state index contributed by atoms with van der Waals surface area (Å²) in [6.45, 7) is 2.06. The zero-order valence-corrected chi connectivity index (χ0v) is 10.4. The van der Waals surface area contributed by atoms with E-state index in [1.165, 1.54) is 31.9 Å². The lowest BCUT2D eigenvalue weighted by molar-refractivity contribution is -0.116. The van der Waals surface area contributed by atoms with Gasteiger partial charge in [-0.25, -0.2) is 4.39 Å². The Hall–Kier alpha value is -1.09. The largest absolute Gasteiger partial charge is 0.491 e. The number of halogens is 2.